The van der Waals surface area contributed by atoms with Crippen LogP contribution in [0.25, 0.3) is 0 Å². The largest absolute Gasteiger partial charge is 0.311 e. The number of ketones is 1. The molecular formula is C19H22BrNO2. The molecule has 1 aromatic carbocycles. The summed E-state index contributed by atoms with van der Waals surface area (Å²) in [5, 5.41) is 0. The fourth-order valence-corrected chi connectivity index (χ4v) is 6.72. The van der Waals surface area contributed by atoms with E-state index in [1.54, 1.807) is 0 Å². The van der Waals surface area contributed by atoms with Crippen molar-refractivity contribution in [3.63, 3.8) is 0 Å². The van der Waals surface area contributed by atoms with Crippen molar-refractivity contribution in [2.45, 2.75) is 44.9 Å². The van der Waals surface area contributed by atoms with Gasteiger partial charge in [0, 0.05) is 17.6 Å². The van der Waals surface area contributed by atoms with Gasteiger partial charge < -0.3 is 4.90 Å². The monoisotopic (exact) mass is 375 g/mol. The van der Waals surface area contributed by atoms with Gasteiger partial charge in [-0.25, -0.2) is 0 Å². The molecule has 4 heteroatoms. The number of rotatable bonds is 1. The third kappa shape index (κ3) is 1.52. The molecule has 1 aromatic rings. The van der Waals surface area contributed by atoms with Crippen LogP contribution in [-0.4, -0.2) is 23.1 Å². The smallest absolute Gasteiger partial charge is 0.235 e. The van der Waals surface area contributed by atoms with Crippen LogP contribution >= 0.6 is 15.9 Å². The maximum atomic E-state index is 13.6. The number of carbonyl (C=O) groups excluding carboxylic acids is 2. The topological polar surface area (TPSA) is 37.4 Å². The molecule has 2 saturated carbocycles. The lowest BCUT2D eigenvalue weighted by Crippen LogP contribution is -2.52. The number of hydrogen-bond donors (Lipinski definition) is 0. The zero-order chi connectivity index (χ0) is 16.6. The Hall–Kier alpha value is -1.16. The van der Waals surface area contributed by atoms with Gasteiger partial charge in [0.05, 0.1) is 10.2 Å². The van der Waals surface area contributed by atoms with E-state index in [1.165, 1.54) is 5.56 Å². The molecular weight excluding hydrogens is 354 g/mol. The Morgan fingerprint density at radius 2 is 1.91 bits per heavy atom. The molecule has 0 aromatic heterocycles. The molecule has 3 aliphatic rings. The summed E-state index contributed by atoms with van der Waals surface area (Å²) in [7, 11) is 0. The summed E-state index contributed by atoms with van der Waals surface area (Å²) in [5.41, 5.74) is 0.883. The number of para-hydroxylation sites is 1. The zero-order valence-electron chi connectivity index (χ0n) is 13.9. The molecule has 2 aliphatic carbocycles. The fraction of sp³-hybridized carbons (Fsp3) is 0.579. The maximum absolute atomic E-state index is 13.6. The second kappa shape index (κ2) is 4.47. The third-order valence-corrected chi connectivity index (χ3v) is 8.43. The van der Waals surface area contributed by atoms with Gasteiger partial charge in [0.25, 0.3) is 0 Å². The number of amides is 1. The number of benzene rings is 1. The van der Waals surface area contributed by atoms with Crippen molar-refractivity contribution in [2.75, 3.05) is 11.4 Å². The Labute approximate surface area is 145 Å². The molecule has 3 atom stereocenters. The van der Waals surface area contributed by atoms with Crippen LogP contribution in [0.2, 0.25) is 0 Å². The Balaban J connectivity index is 1.82. The Morgan fingerprint density at radius 1 is 1.22 bits per heavy atom. The van der Waals surface area contributed by atoms with E-state index in [-0.39, 0.29) is 21.9 Å². The number of alkyl halides is 1. The summed E-state index contributed by atoms with van der Waals surface area (Å²) in [6.07, 6.45) is 2.49. The lowest BCUT2D eigenvalue weighted by molar-refractivity contribution is -0.133. The predicted octanol–water partition coefficient (Wildman–Crippen LogP) is 3.73. The standard InChI is InChI=1S/C19H22BrNO2/c1-17(2)18(3)9-10-19(17,14(20)15(18)22)16(23)21-11-8-12-6-4-5-7-13(12)21/h4-7,14H,8-11H2,1-3H3/t14-,18-,19+/m1/s1. The van der Waals surface area contributed by atoms with Crippen LogP contribution in [0.1, 0.15) is 39.2 Å². The van der Waals surface area contributed by atoms with E-state index in [4.69, 9.17) is 0 Å². The van der Waals surface area contributed by atoms with Crippen LogP contribution in [0.15, 0.2) is 24.3 Å². The predicted molar refractivity (Wildman–Crippen MR) is 93.8 cm³/mol. The molecule has 1 aliphatic heterocycles. The summed E-state index contributed by atoms with van der Waals surface area (Å²) < 4.78 is 0. The van der Waals surface area contributed by atoms with Gasteiger partial charge in [-0.15, -0.1) is 0 Å². The lowest BCUT2D eigenvalue weighted by Gasteiger charge is -2.42. The summed E-state index contributed by atoms with van der Waals surface area (Å²) in [6.45, 7) is 6.99. The van der Waals surface area contributed by atoms with Gasteiger partial charge in [0.1, 0.15) is 0 Å². The van der Waals surface area contributed by atoms with Gasteiger partial charge in [0.2, 0.25) is 5.91 Å². The summed E-state index contributed by atoms with van der Waals surface area (Å²) >= 11 is 3.62. The van der Waals surface area contributed by atoms with E-state index in [1.807, 2.05) is 30.0 Å². The van der Waals surface area contributed by atoms with E-state index >= 15 is 0 Å². The lowest BCUT2D eigenvalue weighted by atomic mass is 9.64. The van der Waals surface area contributed by atoms with Crippen LogP contribution in [0.3, 0.4) is 0 Å². The molecule has 0 radical (unpaired) electrons. The van der Waals surface area contributed by atoms with Gasteiger partial charge in [-0.05, 0) is 36.3 Å². The Kier molecular flexibility index (Phi) is 2.99. The fourth-order valence-electron chi connectivity index (χ4n) is 5.22. The van der Waals surface area contributed by atoms with Gasteiger partial charge in [-0.1, -0.05) is 54.9 Å². The summed E-state index contributed by atoms with van der Waals surface area (Å²) in [4.78, 5) is 28.1. The molecule has 1 heterocycles. The average Bonchev–Trinajstić information content (AvgIpc) is 3.07. The zero-order valence-corrected chi connectivity index (χ0v) is 15.4. The van der Waals surface area contributed by atoms with E-state index in [0.29, 0.717) is 0 Å². The first-order valence-electron chi connectivity index (χ1n) is 8.36. The average molecular weight is 376 g/mol. The number of fused-ring (bicyclic) bond motifs is 3. The molecule has 1 amide bonds. The van der Waals surface area contributed by atoms with Crippen molar-refractivity contribution < 1.29 is 9.59 Å². The third-order valence-electron chi connectivity index (χ3n) is 7.23. The quantitative estimate of drug-likeness (QED) is 0.701. The number of anilines is 1. The minimum Gasteiger partial charge on any atom is -0.311 e. The van der Waals surface area contributed by atoms with Gasteiger partial charge in [-0.2, -0.15) is 0 Å². The molecule has 0 saturated heterocycles. The highest BCUT2D eigenvalue weighted by Crippen LogP contribution is 2.72. The van der Waals surface area contributed by atoms with Crippen LogP contribution in [-0.2, 0) is 16.0 Å². The maximum Gasteiger partial charge on any atom is 0.235 e. The molecule has 23 heavy (non-hydrogen) atoms. The van der Waals surface area contributed by atoms with Crippen molar-refractivity contribution in [2.24, 2.45) is 16.2 Å². The van der Waals surface area contributed by atoms with Crippen LogP contribution in [0, 0.1) is 16.2 Å². The number of carbonyl (C=O) groups is 2. The number of Topliss-reactive ketones (excluding diaryl/α,β-unsaturated/α-hetero) is 1. The molecule has 3 nitrogen and oxygen atoms in total. The van der Waals surface area contributed by atoms with Crippen molar-refractivity contribution in [3.05, 3.63) is 29.8 Å². The van der Waals surface area contributed by atoms with Gasteiger partial charge in [-0.3, -0.25) is 9.59 Å². The van der Waals surface area contributed by atoms with E-state index in [2.05, 4.69) is 35.8 Å². The van der Waals surface area contributed by atoms with Crippen LogP contribution < -0.4 is 4.90 Å². The first kappa shape index (κ1) is 15.4. The molecule has 2 fully saturated rings. The Bertz CT molecular complexity index is 728. The summed E-state index contributed by atoms with van der Waals surface area (Å²) in [5.74, 6) is 0.332. The molecule has 4 rings (SSSR count). The second-order valence-electron chi connectivity index (χ2n) is 7.99. The number of hydrogen-bond acceptors (Lipinski definition) is 2. The number of halogens is 1. The SMILES string of the molecule is CC1(C)[C@]2(C)CC[C@@]1(C(=O)N1CCc3ccccc31)[C@H](Br)C2=O. The van der Waals surface area contributed by atoms with Crippen molar-refractivity contribution in [3.8, 4) is 0 Å². The van der Waals surface area contributed by atoms with Gasteiger partial charge in [0.15, 0.2) is 5.78 Å². The highest BCUT2D eigenvalue weighted by molar-refractivity contribution is 9.10. The van der Waals surface area contributed by atoms with Crippen LogP contribution in [0.5, 0.6) is 0 Å². The minimum atomic E-state index is -0.629. The first-order chi connectivity index (χ1) is 10.8. The van der Waals surface area contributed by atoms with Crippen molar-refractivity contribution in [1.82, 2.24) is 0 Å². The minimum absolute atomic E-state index is 0.129. The molecule has 0 unspecified atom stereocenters. The number of nitrogens with zero attached hydrogens (tertiary/aromatic N) is 1. The van der Waals surface area contributed by atoms with E-state index in [0.717, 1.165) is 31.5 Å². The van der Waals surface area contributed by atoms with Gasteiger partial charge >= 0.3 is 0 Å². The molecule has 122 valence electrons. The van der Waals surface area contributed by atoms with E-state index in [9.17, 15) is 9.59 Å². The Morgan fingerprint density at radius 3 is 2.57 bits per heavy atom. The van der Waals surface area contributed by atoms with Crippen molar-refractivity contribution in [1.29, 1.82) is 0 Å². The molecule has 2 bridgehead atoms. The second-order valence-corrected chi connectivity index (χ2v) is 8.91. The van der Waals surface area contributed by atoms with Crippen molar-refractivity contribution >= 4 is 33.3 Å². The normalized spacial score (nSPS) is 37.3. The highest BCUT2D eigenvalue weighted by Gasteiger charge is 2.77. The highest BCUT2D eigenvalue weighted by atomic mass is 79.9. The first-order valence-corrected chi connectivity index (χ1v) is 9.27. The van der Waals surface area contributed by atoms with E-state index < -0.39 is 10.8 Å². The summed E-state index contributed by atoms with van der Waals surface area (Å²) in [6, 6.07) is 8.12. The molecule has 0 spiro atoms. The van der Waals surface area contributed by atoms with Crippen LogP contribution in [0.4, 0.5) is 5.69 Å². The molecule has 0 N–H and O–H groups in total.